The summed E-state index contributed by atoms with van der Waals surface area (Å²) < 4.78 is 28.7. The average Bonchev–Trinajstić information content (AvgIpc) is 3.22. The number of nitrogens with two attached hydrogens (primary N) is 1. The van der Waals surface area contributed by atoms with E-state index in [2.05, 4.69) is 4.98 Å². The summed E-state index contributed by atoms with van der Waals surface area (Å²) in [4.78, 5) is 28.6. The van der Waals surface area contributed by atoms with E-state index in [1.807, 2.05) is 0 Å². The molecule has 0 spiro atoms. The number of carboxylic acids is 1. The van der Waals surface area contributed by atoms with Gasteiger partial charge in [-0.1, -0.05) is 17.8 Å². The minimum atomic E-state index is -1.09. The van der Waals surface area contributed by atoms with Gasteiger partial charge in [0.05, 0.1) is 12.1 Å². The van der Waals surface area contributed by atoms with E-state index in [0.717, 1.165) is 12.1 Å². The fourth-order valence-electron chi connectivity index (χ4n) is 3.09. The van der Waals surface area contributed by atoms with Crippen molar-refractivity contribution >= 4 is 35.0 Å². The second-order valence-corrected chi connectivity index (χ2v) is 8.21. The molecule has 0 saturated carbocycles. The van der Waals surface area contributed by atoms with E-state index >= 15 is 0 Å². The number of carbonyl (C=O) groups is 2. The average molecular weight is 413 g/mol. The van der Waals surface area contributed by atoms with Crippen LogP contribution in [0.25, 0.3) is 0 Å². The molecular formula is C17H17F2N3O3S2. The van der Waals surface area contributed by atoms with Crippen LogP contribution in [-0.4, -0.2) is 45.2 Å². The molecule has 2 atom stereocenters. The lowest BCUT2D eigenvalue weighted by molar-refractivity contribution is -0.128. The number of rotatable bonds is 7. The van der Waals surface area contributed by atoms with E-state index < -0.39 is 29.7 Å². The van der Waals surface area contributed by atoms with Gasteiger partial charge in [0.15, 0.2) is 10.0 Å². The molecule has 1 aromatic carbocycles. The maximum Gasteiger partial charge on any atom is 0.355 e. The molecule has 10 heteroatoms. The topological polar surface area (TPSA) is 96.5 Å². The first-order valence-electron chi connectivity index (χ1n) is 8.19. The molecule has 1 amide bonds. The molecule has 0 aliphatic carbocycles. The highest BCUT2D eigenvalue weighted by molar-refractivity contribution is 8.01. The lowest BCUT2D eigenvalue weighted by Gasteiger charge is -2.30. The summed E-state index contributed by atoms with van der Waals surface area (Å²) in [6.07, 6.45) is 0.707. The SMILES string of the molecule is NC(c1c(F)cccc1F)[C@H]1CCC(=O)N1CCSc1nc(C(=O)O)cs1. The van der Waals surface area contributed by atoms with Crippen molar-refractivity contribution in [3.63, 3.8) is 0 Å². The van der Waals surface area contributed by atoms with Crippen LogP contribution in [0.4, 0.5) is 8.78 Å². The van der Waals surface area contributed by atoms with Crippen molar-refractivity contribution in [2.45, 2.75) is 29.3 Å². The zero-order chi connectivity index (χ0) is 19.6. The van der Waals surface area contributed by atoms with Crippen LogP contribution in [-0.2, 0) is 4.79 Å². The summed E-state index contributed by atoms with van der Waals surface area (Å²) in [5.41, 5.74) is 5.89. The van der Waals surface area contributed by atoms with Gasteiger partial charge in [0.1, 0.15) is 11.6 Å². The Morgan fingerprint density at radius 3 is 2.78 bits per heavy atom. The fourth-order valence-corrected chi connectivity index (χ4v) is 4.90. The van der Waals surface area contributed by atoms with Crippen LogP contribution in [0.3, 0.4) is 0 Å². The number of carboxylic acid groups (broad SMARTS) is 1. The zero-order valence-corrected chi connectivity index (χ0v) is 15.7. The number of thioether (sulfide) groups is 1. The largest absolute Gasteiger partial charge is 0.476 e. The molecule has 144 valence electrons. The second-order valence-electron chi connectivity index (χ2n) is 6.01. The molecule has 3 rings (SSSR count). The summed E-state index contributed by atoms with van der Waals surface area (Å²) in [6, 6.07) is 2.13. The molecule has 6 nitrogen and oxygen atoms in total. The van der Waals surface area contributed by atoms with Crippen LogP contribution >= 0.6 is 23.1 Å². The van der Waals surface area contributed by atoms with Gasteiger partial charge in [-0.15, -0.1) is 11.3 Å². The quantitative estimate of drug-likeness (QED) is 0.678. The standard InChI is InChI=1S/C17H17F2N3O3S2/c18-9-2-1-3-10(19)14(9)15(20)12-4-5-13(23)22(12)6-7-26-17-21-11(8-27-17)16(24)25/h1-3,8,12,15H,4-7,20H2,(H,24,25)/t12-,15?/m1/s1. The molecule has 0 radical (unpaired) electrons. The number of aromatic carboxylic acids is 1. The third-order valence-corrected chi connectivity index (χ3v) is 6.38. The molecule has 1 fully saturated rings. The Morgan fingerprint density at radius 1 is 1.44 bits per heavy atom. The van der Waals surface area contributed by atoms with Crippen LogP contribution in [0, 0.1) is 11.6 Å². The van der Waals surface area contributed by atoms with E-state index in [9.17, 15) is 18.4 Å². The monoisotopic (exact) mass is 413 g/mol. The summed E-state index contributed by atoms with van der Waals surface area (Å²) >= 11 is 2.54. The summed E-state index contributed by atoms with van der Waals surface area (Å²) in [6.45, 7) is 0.333. The third-order valence-electron chi connectivity index (χ3n) is 4.38. The number of hydrogen-bond donors (Lipinski definition) is 2. The highest BCUT2D eigenvalue weighted by Gasteiger charge is 2.37. The Kier molecular flexibility index (Phi) is 6.08. The van der Waals surface area contributed by atoms with Crippen LogP contribution in [0.15, 0.2) is 27.9 Å². The van der Waals surface area contributed by atoms with Crippen molar-refractivity contribution < 1.29 is 23.5 Å². The number of thiazole rings is 1. The van der Waals surface area contributed by atoms with E-state index in [0.29, 0.717) is 23.1 Å². The van der Waals surface area contributed by atoms with Gasteiger partial charge in [-0.2, -0.15) is 0 Å². The molecule has 1 aliphatic rings. The van der Waals surface area contributed by atoms with Gasteiger partial charge in [0.2, 0.25) is 5.91 Å². The number of likely N-dealkylation sites (tertiary alicyclic amines) is 1. The van der Waals surface area contributed by atoms with Gasteiger partial charge in [-0.25, -0.2) is 18.6 Å². The predicted molar refractivity (Wildman–Crippen MR) is 97.8 cm³/mol. The minimum Gasteiger partial charge on any atom is -0.476 e. The number of hydrogen-bond acceptors (Lipinski definition) is 6. The lowest BCUT2D eigenvalue weighted by atomic mass is 9.97. The van der Waals surface area contributed by atoms with E-state index in [-0.39, 0.29) is 23.6 Å². The van der Waals surface area contributed by atoms with Gasteiger partial charge >= 0.3 is 5.97 Å². The molecule has 1 aromatic heterocycles. The maximum atomic E-state index is 14.0. The molecule has 3 N–H and O–H groups in total. The Bertz CT molecular complexity index is 841. The maximum absolute atomic E-state index is 14.0. The Morgan fingerprint density at radius 2 is 2.15 bits per heavy atom. The number of carbonyl (C=O) groups excluding carboxylic acids is 1. The van der Waals surface area contributed by atoms with Crippen molar-refractivity contribution in [2.24, 2.45) is 5.73 Å². The molecule has 1 unspecified atom stereocenters. The number of nitrogens with zero attached hydrogens (tertiary/aromatic N) is 2. The van der Waals surface area contributed by atoms with Crippen molar-refractivity contribution in [3.05, 3.63) is 46.5 Å². The van der Waals surface area contributed by atoms with Crippen molar-refractivity contribution in [2.75, 3.05) is 12.3 Å². The molecule has 1 aliphatic heterocycles. The van der Waals surface area contributed by atoms with Crippen molar-refractivity contribution in [1.82, 2.24) is 9.88 Å². The molecule has 0 bridgehead atoms. The van der Waals surface area contributed by atoms with Crippen LogP contribution in [0.1, 0.15) is 34.9 Å². The van der Waals surface area contributed by atoms with Gasteiger partial charge in [0, 0.05) is 29.7 Å². The van der Waals surface area contributed by atoms with Crippen LogP contribution in [0.5, 0.6) is 0 Å². The fraction of sp³-hybridized carbons (Fsp3) is 0.353. The van der Waals surface area contributed by atoms with E-state index in [1.165, 1.54) is 34.5 Å². The molecular weight excluding hydrogens is 396 g/mol. The highest BCUT2D eigenvalue weighted by Crippen LogP contribution is 2.32. The third kappa shape index (κ3) is 4.28. The first kappa shape index (κ1) is 19.7. The van der Waals surface area contributed by atoms with Gasteiger partial charge < -0.3 is 15.7 Å². The Balaban J connectivity index is 1.66. The Labute approximate surface area is 162 Å². The predicted octanol–water partition coefficient (Wildman–Crippen LogP) is 2.90. The number of halogens is 2. The van der Waals surface area contributed by atoms with Crippen molar-refractivity contribution in [1.29, 1.82) is 0 Å². The number of aromatic nitrogens is 1. The van der Waals surface area contributed by atoms with E-state index in [4.69, 9.17) is 10.8 Å². The molecule has 1 saturated heterocycles. The molecule has 27 heavy (non-hydrogen) atoms. The smallest absolute Gasteiger partial charge is 0.355 e. The highest BCUT2D eigenvalue weighted by atomic mass is 32.2. The minimum absolute atomic E-state index is 0.0188. The second kappa shape index (κ2) is 8.32. The zero-order valence-electron chi connectivity index (χ0n) is 14.1. The number of benzene rings is 1. The van der Waals surface area contributed by atoms with Gasteiger partial charge in [0.25, 0.3) is 0 Å². The first-order valence-corrected chi connectivity index (χ1v) is 10.1. The normalized spacial score (nSPS) is 18.1. The summed E-state index contributed by atoms with van der Waals surface area (Å²) in [7, 11) is 0. The summed E-state index contributed by atoms with van der Waals surface area (Å²) in [5, 5.41) is 10.3. The van der Waals surface area contributed by atoms with Crippen LogP contribution in [0.2, 0.25) is 0 Å². The molecule has 2 aromatic rings. The van der Waals surface area contributed by atoms with Crippen LogP contribution < -0.4 is 5.73 Å². The molecule has 2 heterocycles. The lowest BCUT2D eigenvalue weighted by Crippen LogP contribution is -2.42. The summed E-state index contributed by atoms with van der Waals surface area (Å²) in [5.74, 6) is -2.18. The van der Waals surface area contributed by atoms with Crippen molar-refractivity contribution in [3.8, 4) is 0 Å². The van der Waals surface area contributed by atoms with Gasteiger partial charge in [-0.05, 0) is 18.6 Å². The first-order chi connectivity index (χ1) is 12.9. The van der Waals surface area contributed by atoms with E-state index in [1.54, 1.807) is 4.90 Å². The number of amides is 1. The van der Waals surface area contributed by atoms with Gasteiger partial charge in [-0.3, -0.25) is 4.79 Å². The Hall–Kier alpha value is -2.04.